The summed E-state index contributed by atoms with van der Waals surface area (Å²) >= 11 is 0. The summed E-state index contributed by atoms with van der Waals surface area (Å²) in [5, 5.41) is 5.71. The first-order valence-electron chi connectivity index (χ1n) is 9.42. The maximum absolute atomic E-state index is 12.4. The second-order valence-electron chi connectivity index (χ2n) is 6.92. The molecule has 0 unspecified atom stereocenters. The Morgan fingerprint density at radius 1 is 1.00 bits per heavy atom. The number of benzene rings is 2. The molecule has 0 radical (unpaired) electrons. The summed E-state index contributed by atoms with van der Waals surface area (Å²) < 4.78 is 5.63. The van der Waals surface area contributed by atoms with Crippen molar-refractivity contribution in [3.05, 3.63) is 54.1 Å². The van der Waals surface area contributed by atoms with Crippen LogP contribution in [-0.2, 0) is 4.79 Å². The van der Waals surface area contributed by atoms with E-state index < -0.39 is 0 Å². The molecule has 0 aliphatic rings. The molecule has 0 fully saturated rings. The SMILES string of the molecule is CCCCC(=O)Nc1cccc(NC(=O)c2ccc(OCC(C)C)cc2)c1. The van der Waals surface area contributed by atoms with Gasteiger partial charge in [0.2, 0.25) is 5.91 Å². The summed E-state index contributed by atoms with van der Waals surface area (Å²) in [6, 6.07) is 14.2. The average Bonchev–Trinajstić information content (AvgIpc) is 2.65. The molecule has 0 spiro atoms. The van der Waals surface area contributed by atoms with Crippen LogP contribution in [0.25, 0.3) is 0 Å². The lowest BCUT2D eigenvalue weighted by Crippen LogP contribution is -2.13. The number of carbonyl (C=O) groups excluding carboxylic acids is 2. The first kappa shape index (κ1) is 20.5. The van der Waals surface area contributed by atoms with Gasteiger partial charge in [0.15, 0.2) is 0 Å². The molecule has 0 aliphatic heterocycles. The summed E-state index contributed by atoms with van der Waals surface area (Å²) in [6.07, 6.45) is 2.34. The predicted molar refractivity (Wildman–Crippen MR) is 109 cm³/mol. The number of ether oxygens (including phenoxy) is 1. The molecule has 27 heavy (non-hydrogen) atoms. The summed E-state index contributed by atoms with van der Waals surface area (Å²) in [5.74, 6) is 0.969. The molecule has 2 aromatic carbocycles. The smallest absolute Gasteiger partial charge is 0.255 e. The molecule has 0 saturated carbocycles. The Hall–Kier alpha value is -2.82. The van der Waals surface area contributed by atoms with Crippen molar-refractivity contribution in [3.63, 3.8) is 0 Å². The van der Waals surface area contributed by atoms with Gasteiger partial charge < -0.3 is 15.4 Å². The van der Waals surface area contributed by atoms with Gasteiger partial charge in [-0.2, -0.15) is 0 Å². The zero-order valence-corrected chi connectivity index (χ0v) is 16.2. The van der Waals surface area contributed by atoms with Gasteiger partial charge in [0.1, 0.15) is 5.75 Å². The molecule has 0 aromatic heterocycles. The van der Waals surface area contributed by atoms with Gasteiger partial charge in [0, 0.05) is 23.4 Å². The standard InChI is InChI=1S/C22H28N2O3/c1-4-5-9-21(25)23-18-7-6-8-19(14-18)24-22(26)17-10-12-20(13-11-17)27-15-16(2)3/h6-8,10-14,16H,4-5,9,15H2,1-3H3,(H,23,25)(H,24,26). The minimum Gasteiger partial charge on any atom is -0.493 e. The van der Waals surface area contributed by atoms with Gasteiger partial charge in [0.05, 0.1) is 6.61 Å². The van der Waals surface area contributed by atoms with Crippen molar-refractivity contribution in [1.29, 1.82) is 0 Å². The number of unbranched alkanes of at least 4 members (excludes halogenated alkanes) is 1. The van der Waals surface area contributed by atoms with Crippen LogP contribution in [0.15, 0.2) is 48.5 Å². The van der Waals surface area contributed by atoms with Crippen LogP contribution >= 0.6 is 0 Å². The normalized spacial score (nSPS) is 10.5. The van der Waals surface area contributed by atoms with Crippen molar-refractivity contribution in [2.24, 2.45) is 5.92 Å². The minimum atomic E-state index is -0.208. The summed E-state index contributed by atoms with van der Waals surface area (Å²) in [7, 11) is 0. The van der Waals surface area contributed by atoms with Gasteiger partial charge in [-0.3, -0.25) is 9.59 Å². The van der Waals surface area contributed by atoms with Crippen LogP contribution in [0.3, 0.4) is 0 Å². The van der Waals surface area contributed by atoms with Crippen molar-refractivity contribution in [1.82, 2.24) is 0 Å². The van der Waals surface area contributed by atoms with E-state index in [2.05, 4.69) is 24.5 Å². The minimum absolute atomic E-state index is 0.0164. The maximum Gasteiger partial charge on any atom is 0.255 e. The number of amides is 2. The lowest BCUT2D eigenvalue weighted by molar-refractivity contribution is -0.116. The van der Waals surface area contributed by atoms with E-state index in [1.165, 1.54) is 0 Å². The second kappa shape index (κ2) is 10.4. The average molecular weight is 368 g/mol. The first-order valence-corrected chi connectivity index (χ1v) is 9.42. The van der Waals surface area contributed by atoms with Crippen LogP contribution in [0.1, 0.15) is 50.4 Å². The van der Waals surface area contributed by atoms with Crippen LogP contribution in [0.2, 0.25) is 0 Å². The zero-order valence-electron chi connectivity index (χ0n) is 16.2. The van der Waals surface area contributed by atoms with Crippen molar-refractivity contribution < 1.29 is 14.3 Å². The van der Waals surface area contributed by atoms with Gasteiger partial charge in [0.25, 0.3) is 5.91 Å². The van der Waals surface area contributed by atoms with Crippen LogP contribution < -0.4 is 15.4 Å². The van der Waals surface area contributed by atoms with E-state index in [0.717, 1.165) is 18.6 Å². The van der Waals surface area contributed by atoms with Gasteiger partial charge in [-0.1, -0.05) is 33.3 Å². The maximum atomic E-state index is 12.4. The van der Waals surface area contributed by atoms with E-state index in [-0.39, 0.29) is 11.8 Å². The quantitative estimate of drug-likeness (QED) is 0.647. The highest BCUT2D eigenvalue weighted by Gasteiger charge is 2.08. The van der Waals surface area contributed by atoms with Crippen LogP contribution in [0.5, 0.6) is 5.75 Å². The van der Waals surface area contributed by atoms with Crippen molar-refractivity contribution >= 4 is 23.2 Å². The van der Waals surface area contributed by atoms with E-state index >= 15 is 0 Å². The number of hydrogen-bond donors (Lipinski definition) is 2. The topological polar surface area (TPSA) is 67.4 Å². The Kier molecular flexibility index (Phi) is 7.86. The Labute approximate surface area is 161 Å². The highest BCUT2D eigenvalue weighted by Crippen LogP contribution is 2.18. The Balaban J connectivity index is 1.95. The van der Waals surface area contributed by atoms with Gasteiger partial charge in [-0.25, -0.2) is 0 Å². The van der Waals surface area contributed by atoms with Crippen LogP contribution in [-0.4, -0.2) is 18.4 Å². The monoisotopic (exact) mass is 368 g/mol. The summed E-state index contributed by atoms with van der Waals surface area (Å²) in [6.45, 7) is 6.86. The number of nitrogens with one attached hydrogen (secondary N) is 2. The van der Waals surface area contributed by atoms with Crippen LogP contribution in [0.4, 0.5) is 11.4 Å². The third-order valence-electron chi connectivity index (χ3n) is 3.86. The molecule has 5 heteroatoms. The van der Waals surface area contributed by atoms with Gasteiger partial charge in [-0.05, 0) is 54.8 Å². The molecule has 2 amide bonds. The van der Waals surface area contributed by atoms with Gasteiger partial charge >= 0.3 is 0 Å². The Morgan fingerprint density at radius 2 is 1.67 bits per heavy atom. The Morgan fingerprint density at radius 3 is 2.30 bits per heavy atom. The third-order valence-corrected chi connectivity index (χ3v) is 3.86. The molecule has 0 atom stereocenters. The molecule has 2 N–H and O–H groups in total. The molecule has 0 heterocycles. The van der Waals surface area contributed by atoms with Crippen molar-refractivity contribution in [2.75, 3.05) is 17.2 Å². The molecule has 0 aliphatic carbocycles. The molecule has 0 bridgehead atoms. The number of hydrogen-bond acceptors (Lipinski definition) is 3. The lowest BCUT2D eigenvalue weighted by atomic mass is 10.2. The molecule has 144 valence electrons. The van der Waals surface area contributed by atoms with Crippen molar-refractivity contribution in [2.45, 2.75) is 40.0 Å². The number of rotatable bonds is 9. The van der Waals surface area contributed by atoms with Crippen LogP contribution in [0, 0.1) is 5.92 Å². The highest BCUT2D eigenvalue weighted by atomic mass is 16.5. The predicted octanol–water partition coefficient (Wildman–Crippen LogP) is 5.10. The van der Waals surface area contributed by atoms with E-state index in [0.29, 0.717) is 35.9 Å². The van der Waals surface area contributed by atoms with E-state index in [1.54, 1.807) is 48.5 Å². The number of anilines is 2. The van der Waals surface area contributed by atoms with E-state index in [1.807, 2.05) is 6.92 Å². The fraction of sp³-hybridized carbons (Fsp3) is 0.364. The highest BCUT2D eigenvalue weighted by molar-refractivity contribution is 6.04. The van der Waals surface area contributed by atoms with Gasteiger partial charge in [-0.15, -0.1) is 0 Å². The number of carbonyl (C=O) groups is 2. The lowest BCUT2D eigenvalue weighted by Gasteiger charge is -2.10. The molecule has 2 rings (SSSR count). The Bertz CT molecular complexity index is 754. The fourth-order valence-electron chi connectivity index (χ4n) is 2.40. The molecule has 2 aromatic rings. The molecule has 0 saturated heterocycles. The molecular weight excluding hydrogens is 340 g/mol. The van der Waals surface area contributed by atoms with E-state index in [4.69, 9.17) is 4.74 Å². The summed E-state index contributed by atoms with van der Waals surface area (Å²) in [4.78, 5) is 24.3. The molecule has 5 nitrogen and oxygen atoms in total. The first-order chi connectivity index (χ1) is 13.0. The summed E-state index contributed by atoms with van der Waals surface area (Å²) in [5.41, 5.74) is 1.85. The second-order valence-corrected chi connectivity index (χ2v) is 6.92. The molecular formula is C22H28N2O3. The third kappa shape index (κ3) is 7.13. The fourth-order valence-corrected chi connectivity index (χ4v) is 2.40. The van der Waals surface area contributed by atoms with Crippen molar-refractivity contribution in [3.8, 4) is 5.75 Å². The van der Waals surface area contributed by atoms with E-state index in [9.17, 15) is 9.59 Å². The largest absolute Gasteiger partial charge is 0.493 e. The zero-order chi connectivity index (χ0) is 19.6.